The van der Waals surface area contributed by atoms with Crippen LogP contribution in [0.5, 0.6) is 11.6 Å². The second kappa shape index (κ2) is 7.92. The Morgan fingerprint density at radius 2 is 1.88 bits per heavy atom. The summed E-state index contributed by atoms with van der Waals surface area (Å²) in [6, 6.07) is 16.4. The van der Waals surface area contributed by atoms with Gasteiger partial charge in [-0.1, -0.05) is 23.8 Å². The fourth-order valence-electron chi connectivity index (χ4n) is 2.09. The summed E-state index contributed by atoms with van der Waals surface area (Å²) >= 11 is 0. The molecule has 2 aromatic heterocycles. The average molecular weight is 334 g/mol. The number of rotatable bonds is 5. The number of urea groups is 1. The lowest BCUT2D eigenvalue weighted by Crippen LogP contribution is -2.28. The molecule has 0 aliphatic heterocycles. The first-order valence-electron chi connectivity index (χ1n) is 7.84. The zero-order chi connectivity index (χ0) is 17.5. The topological polar surface area (TPSA) is 76.1 Å². The number of amides is 2. The largest absolute Gasteiger partial charge is 0.439 e. The summed E-state index contributed by atoms with van der Waals surface area (Å²) in [7, 11) is 0. The van der Waals surface area contributed by atoms with E-state index in [2.05, 4.69) is 20.6 Å². The van der Waals surface area contributed by atoms with Gasteiger partial charge in [-0.15, -0.1) is 0 Å². The smallest absolute Gasteiger partial charge is 0.319 e. The van der Waals surface area contributed by atoms with E-state index < -0.39 is 0 Å². The Balaban J connectivity index is 1.51. The van der Waals surface area contributed by atoms with Gasteiger partial charge in [0.05, 0.1) is 24.1 Å². The van der Waals surface area contributed by atoms with E-state index in [0.717, 1.165) is 11.3 Å². The summed E-state index contributed by atoms with van der Waals surface area (Å²) in [5.41, 5.74) is 2.53. The van der Waals surface area contributed by atoms with E-state index in [1.54, 1.807) is 24.5 Å². The SMILES string of the molecule is Cc1ccc(Oc2ccc(NC(=O)NCc3ccccn3)cn2)cc1. The van der Waals surface area contributed by atoms with E-state index in [9.17, 15) is 4.79 Å². The Hall–Kier alpha value is -3.41. The third-order valence-electron chi connectivity index (χ3n) is 3.39. The molecule has 2 heterocycles. The highest BCUT2D eigenvalue weighted by atomic mass is 16.5. The van der Waals surface area contributed by atoms with Crippen LogP contribution < -0.4 is 15.4 Å². The summed E-state index contributed by atoms with van der Waals surface area (Å²) < 4.78 is 5.65. The maximum Gasteiger partial charge on any atom is 0.319 e. The molecule has 0 saturated carbocycles. The number of nitrogens with one attached hydrogen (secondary N) is 2. The van der Waals surface area contributed by atoms with Gasteiger partial charge >= 0.3 is 6.03 Å². The molecule has 0 spiro atoms. The van der Waals surface area contributed by atoms with Gasteiger partial charge in [0.1, 0.15) is 5.75 Å². The normalized spacial score (nSPS) is 10.1. The molecular formula is C19H18N4O2. The number of ether oxygens (including phenoxy) is 1. The molecule has 2 amide bonds. The van der Waals surface area contributed by atoms with Crippen molar-refractivity contribution in [3.8, 4) is 11.6 Å². The zero-order valence-electron chi connectivity index (χ0n) is 13.8. The van der Waals surface area contributed by atoms with Crippen molar-refractivity contribution in [2.75, 3.05) is 5.32 Å². The highest BCUT2D eigenvalue weighted by molar-refractivity contribution is 5.88. The van der Waals surface area contributed by atoms with Crippen LogP contribution in [-0.2, 0) is 6.54 Å². The molecule has 0 aliphatic carbocycles. The maximum atomic E-state index is 11.9. The van der Waals surface area contributed by atoms with Gasteiger partial charge < -0.3 is 15.4 Å². The van der Waals surface area contributed by atoms with E-state index in [4.69, 9.17) is 4.74 Å². The van der Waals surface area contributed by atoms with Crippen molar-refractivity contribution >= 4 is 11.7 Å². The number of hydrogen-bond acceptors (Lipinski definition) is 4. The molecular weight excluding hydrogens is 316 g/mol. The lowest BCUT2D eigenvalue weighted by molar-refractivity contribution is 0.251. The first-order valence-corrected chi connectivity index (χ1v) is 7.84. The minimum absolute atomic E-state index is 0.320. The standard InChI is InChI=1S/C19H18N4O2/c1-14-5-8-17(9-6-14)25-18-10-7-16(13-21-18)23-19(24)22-12-15-4-2-3-11-20-15/h2-11,13H,12H2,1H3,(H2,22,23,24). The van der Waals surface area contributed by atoms with Crippen molar-refractivity contribution in [2.45, 2.75) is 13.5 Å². The van der Waals surface area contributed by atoms with Crippen LogP contribution in [0.15, 0.2) is 67.0 Å². The predicted octanol–water partition coefficient (Wildman–Crippen LogP) is 3.90. The van der Waals surface area contributed by atoms with E-state index in [1.807, 2.05) is 49.4 Å². The predicted molar refractivity (Wildman–Crippen MR) is 95.6 cm³/mol. The summed E-state index contributed by atoms with van der Waals surface area (Å²) in [6.07, 6.45) is 3.23. The van der Waals surface area contributed by atoms with E-state index in [1.165, 1.54) is 0 Å². The summed E-state index contributed by atoms with van der Waals surface area (Å²) in [5.74, 6) is 1.18. The van der Waals surface area contributed by atoms with E-state index in [-0.39, 0.29) is 6.03 Å². The van der Waals surface area contributed by atoms with Crippen LogP contribution in [0.4, 0.5) is 10.5 Å². The number of carbonyl (C=O) groups is 1. The lowest BCUT2D eigenvalue weighted by Gasteiger charge is -2.08. The Kier molecular flexibility index (Phi) is 5.21. The third kappa shape index (κ3) is 5.04. The molecule has 0 fully saturated rings. The zero-order valence-corrected chi connectivity index (χ0v) is 13.8. The number of carbonyl (C=O) groups excluding carboxylic acids is 1. The number of anilines is 1. The summed E-state index contributed by atoms with van der Waals surface area (Å²) in [4.78, 5) is 20.2. The third-order valence-corrected chi connectivity index (χ3v) is 3.39. The molecule has 3 aromatic rings. The second-order valence-corrected chi connectivity index (χ2v) is 5.43. The van der Waals surface area contributed by atoms with Gasteiger partial charge in [-0.3, -0.25) is 4.98 Å². The molecule has 126 valence electrons. The molecule has 25 heavy (non-hydrogen) atoms. The highest BCUT2D eigenvalue weighted by Gasteiger charge is 2.04. The fourth-order valence-corrected chi connectivity index (χ4v) is 2.09. The molecule has 2 N–H and O–H groups in total. The van der Waals surface area contributed by atoms with Crippen LogP contribution in [0.25, 0.3) is 0 Å². The Bertz CT molecular complexity index is 818. The number of aryl methyl sites for hydroxylation is 1. The highest BCUT2D eigenvalue weighted by Crippen LogP contribution is 2.20. The maximum absolute atomic E-state index is 11.9. The molecule has 0 radical (unpaired) electrons. The minimum Gasteiger partial charge on any atom is -0.439 e. The van der Waals surface area contributed by atoms with Crippen molar-refractivity contribution in [1.82, 2.24) is 15.3 Å². The minimum atomic E-state index is -0.320. The molecule has 0 saturated heterocycles. The number of nitrogens with zero attached hydrogens (tertiary/aromatic N) is 2. The quantitative estimate of drug-likeness (QED) is 0.742. The van der Waals surface area contributed by atoms with Crippen molar-refractivity contribution < 1.29 is 9.53 Å². The van der Waals surface area contributed by atoms with Crippen molar-refractivity contribution in [1.29, 1.82) is 0 Å². The Morgan fingerprint density at radius 3 is 2.56 bits per heavy atom. The monoisotopic (exact) mass is 334 g/mol. The van der Waals surface area contributed by atoms with Crippen molar-refractivity contribution in [3.63, 3.8) is 0 Å². The van der Waals surface area contributed by atoms with Gasteiger partial charge in [0.25, 0.3) is 0 Å². The number of hydrogen-bond donors (Lipinski definition) is 2. The van der Waals surface area contributed by atoms with Crippen LogP contribution in [0.1, 0.15) is 11.3 Å². The van der Waals surface area contributed by atoms with Gasteiger partial charge in [0.15, 0.2) is 0 Å². The van der Waals surface area contributed by atoms with E-state index >= 15 is 0 Å². The molecule has 6 heteroatoms. The first kappa shape index (κ1) is 16.4. The van der Waals surface area contributed by atoms with Crippen LogP contribution in [0, 0.1) is 6.92 Å². The second-order valence-electron chi connectivity index (χ2n) is 5.43. The van der Waals surface area contributed by atoms with Crippen molar-refractivity contribution in [3.05, 3.63) is 78.2 Å². The van der Waals surface area contributed by atoms with Crippen LogP contribution >= 0.6 is 0 Å². The fraction of sp³-hybridized carbons (Fsp3) is 0.105. The molecule has 0 bridgehead atoms. The van der Waals surface area contributed by atoms with Gasteiger partial charge in [-0.25, -0.2) is 9.78 Å². The molecule has 0 unspecified atom stereocenters. The Morgan fingerprint density at radius 1 is 1.04 bits per heavy atom. The summed E-state index contributed by atoms with van der Waals surface area (Å²) in [5, 5.41) is 5.45. The molecule has 3 rings (SSSR count). The number of aromatic nitrogens is 2. The van der Waals surface area contributed by atoms with Gasteiger partial charge in [0, 0.05) is 12.3 Å². The van der Waals surface area contributed by atoms with E-state index in [0.29, 0.717) is 23.9 Å². The van der Waals surface area contributed by atoms with Gasteiger partial charge in [-0.05, 0) is 37.3 Å². The first-order chi connectivity index (χ1) is 12.2. The number of benzene rings is 1. The van der Waals surface area contributed by atoms with Crippen LogP contribution in [-0.4, -0.2) is 16.0 Å². The van der Waals surface area contributed by atoms with Gasteiger partial charge in [0.2, 0.25) is 5.88 Å². The average Bonchev–Trinajstić information content (AvgIpc) is 2.64. The van der Waals surface area contributed by atoms with Crippen LogP contribution in [0.3, 0.4) is 0 Å². The Labute approximate surface area is 145 Å². The summed E-state index contributed by atoms with van der Waals surface area (Å²) in [6.45, 7) is 2.37. The molecule has 1 aromatic carbocycles. The molecule has 6 nitrogen and oxygen atoms in total. The van der Waals surface area contributed by atoms with Gasteiger partial charge in [-0.2, -0.15) is 0 Å². The molecule has 0 atom stereocenters. The molecule has 0 aliphatic rings. The van der Waals surface area contributed by atoms with Crippen molar-refractivity contribution in [2.24, 2.45) is 0 Å². The van der Waals surface area contributed by atoms with Crippen LogP contribution in [0.2, 0.25) is 0 Å². The lowest BCUT2D eigenvalue weighted by atomic mass is 10.2. The number of pyridine rings is 2.